The zero-order chi connectivity index (χ0) is 20.9. The van der Waals surface area contributed by atoms with Crippen molar-refractivity contribution >= 4 is 29.1 Å². The van der Waals surface area contributed by atoms with E-state index < -0.39 is 5.97 Å². The Morgan fingerprint density at radius 1 is 1.13 bits per heavy atom. The third-order valence-corrected chi connectivity index (χ3v) is 4.46. The Morgan fingerprint density at radius 2 is 1.93 bits per heavy atom. The summed E-state index contributed by atoms with van der Waals surface area (Å²) in [5.41, 5.74) is 2.21. The van der Waals surface area contributed by atoms with Crippen LogP contribution in [0.25, 0.3) is 17.2 Å². The molecule has 1 amide bonds. The summed E-state index contributed by atoms with van der Waals surface area (Å²) >= 11 is 0. The van der Waals surface area contributed by atoms with E-state index in [9.17, 15) is 9.59 Å². The van der Waals surface area contributed by atoms with Crippen LogP contribution >= 0.6 is 0 Å². The number of carbonyl (C=O) groups is 2. The smallest absolute Gasteiger partial charge is 0.331 e. The Balaban J connectivity index is 1.27. The summed E-state index contributed by atoms with van der Waals surface area (Å²) in [6, 6.07) is 12.8. The Labute approximate surface area is 172 Å². The van der Waals surface area contributed by atoms with Crippen molar-refractivity contribution in [2.75, 3.05) is 26.9 Å². The highest BCUT2D eigenvalue weighted by Crippen LogP contribution is 2.31. The van der Waals surface area contributed by atoms with Crippen LogP contribution in [-0.4, -0.2) is 48.6 Å². The van der Waals surface area contributed by atoms with Gasteiger partial charge >= 0.3 is 5.97 Å². The highest BCUT2D eigenvalue weighted by molar-refractivity contribution is 5.89. The number of hydrogen-bond donors (Lipinski definition) is 0. The lowest BCUT2D eigenvalue weighted by Gasteiger charge is -2.21. The van der Waals surface area contributed by atoms with Crippen molar-refractivity contribution in [2.24, 2.45) is 0 Å². The van der Waals surface area contributed by atoms with Gasteiger partial charge in [-0.15, -0.1) is 0 Å². The van der Waals surface area contributed by atoms with Gasteiger partial charge in [0.25, 0.3) is 5.91 Å². The van der Waals surface area contributed by atoms with Gasteiger partial charge in [-0.25, -0.2) is 9.78 Å². The molecule has 0 saturated carbocycles. The lowest BCUT2D eigenvalue weighted by atomic mass is 10.2. The van der Waals surface area contributed by atoms with Crippen LogP contribution in [0, 0.1) is 0 Å². The molecule has 0 saturated heterocycles. The van der Waals surface area contributed by atoms with Gasteiger partial charge in [0.2, 0.25) is 5.89 Å². The summed E-state index contributed by atoms with van der Waals surface area (Å²) < 4.78 is 21.5. The van der Waals surface area contributed by atoms with E-state index in [-0.39, 0.29) is 18.4 Å². The van der Waals surface area contributed by atoms with Gasteiger partial charge in [0, 0.05) is 25.7 Å². The number of amides is 1. The largest absolute Gasteiger partial charge is 0.486 e. The number of rotatable bonds is 6. The predicted molar refractivity (Wildman–Crippen MR) is 108 cm³/mol. The maximum absolute atomic E-state index is 12.3. The molecule has 4 rings (SSSR count). The van der Waals surface area contributed by atoms with Gasteiger partial charge in [-0.2, -0.15) is 0 Å². The van der Waals surface area contributed by atoms with Gasteiger partial charge in [-0.3, -0.25) is 4.79 Å². The molecule has 0 atom stereocenters. The van der Waals surface area contributed by atoms with Crippen molar-refractivity contribution in [3.05, 3.63) is 60.0 Å². The van der Waals surface area contributed by atoms with Crippen LogP contribution in [0.2, 0.25) is 0 Å². The van der Waals surface area contributed by atoms with Crippen molar-refractivity contribution in [1.29, 1.82) is 0 Å². The first-order chi connectivity index (χ1) is 14.6. The Kier molecular flexibility index (Phi) is 5.65. The summed E-state index contributed by atoms with van der Waals surface area (Å²) in [5.74, 6) is 0.663. The quantitative estimate of drug-likeness (QED) is 0.457. The molecule has 1 aromatic heterocycles. The summed E-state index contributed by atoms with van der Waals surface area (Å²) in [6.07, 6.45) is 2.59. The van der Waals surface area contributed by atoms with E-state index >= 15 is 0 Å². The second-order valence-electron chi connectivity index (χ2n) is 6.69. The molecule has 154 valence electrons. The van der Waals surface area contributed by atoms with E-state index in [1.54, 1.807) is 13.1 Å². The van der Waals surface area contributed by atoms with Crippen molar-refractivity contribution in [3.63, 3.8) is 0 Å². The average molecular weight is 408 g/mol. The van der Waals surface area contributed by atoms with Gasteiger partial charge in [0.05, 0.1) is 0 Å². The van der Waals surface area contributed by atoms with E-state index in [0.29, 0.717) is 42.4 Å². The van der Waals surface area contributed by atoms with E-state index in [4.69, 9.17) is 18.6 Å². The molecular formula is C22H20N2O6. The first-order valence-corrected chi connectivity index (χ1v) is 9.41. The highest BCUT2D eigenvalue weighted by Gasteiger charge is 2.15. The second kappa shape index (κ2) is 8.69. The number of esters is 1. The Hall–Kier alpha value is -3.81. The molecule has 30 heavy (non-hydrogen) atoms. The minimum Gasteiger partial charge on any atom is -0.486 e. The normalized spacial score (nSPS) is 12.8. The number of oxazole rings is 1. The average Bonchev–Trinajstić information content (AvgIpc) is 3.19. The van der Waals surface area contributed by atoms with Crippen LogP contribution in [0.15, 0.2) is 53.0 Å². The first-order valence-electron chi connectivity index (χ1n) is 9.41. The summed E-state index contributed by atoms with van der Waals surface area (Å²) in [6.45, 7) is 1.01. The standard InChI is InChI=1S/C22H20N2O6/c1-24(13-15-6-7-18-19(12-15)28-11-10-27-18)21(25)14-29-22(26)9-8-20-23-16-4-2-3-5-17(16)30-20/h2-9,12H,10-11,13-14H2,1H3/b9-8+. The topological polar surface area (TPSA) is 91.1 Å². The molecule has 1 aliphatic heterocycles. The molecule has 3 aromatic rings. The van der Waals surface area contributed by atoms with Gasteiger partial charge in [0.1, 0.15) is 18.7 Å². The minimum absolute atomic E-state index is 0.287. The molecule has 0 aliphatic carbocycles. The fourth-order valence-corrected chi connectivity index (χ4v) is 2.94. The third kappa shape index (κ3) is 4.60. The molecule has 8 nitrogen and oxygen atoms in total. The zero-order valence-electron chi connectivity index (χ0n) is 16.4. The number of benzene rings is 2. The SMILES string of the molecule is CN(Cc1ccc2c(c1)OCCO2)C(=O)COC(=O)/C=C/c1nc2ccccc2o1. The van der Waals surface area contributed by atoms with Gasteiger partial charge < -0.3 is 23.5 Å². The molecule has 1 aliphatic rings. The lowest BCUT2D eigenvalue weighted by Crippen LogP contribution is -2.30. The molecular weight excluding hydrogens is 388 g/mol. The third-order valence-electron chi connectivity index (χ3n) is 4.46. The van der Waals surface area contributed by atoms with Crippen molar-refractivity contribution in [3.8, 4) is 11.5 Å². The molecule has 0 unspecified atom stereocenters. The van der Waals surface area contributed by atoms with Crippen LogP contribution in [-0.2, 0) is 20.9 Å². The summed E-state index contributed by atoms with van der Waals surface area (Å²) in [4.78, 5) is 29.9. The maximum Gasteiger partial charge on any atom is 0.331 e. The number of carbonyl (C=O) groups excluding carboxylic acids is 2. The highest BCUT2D eigenvalue weighted by atomic mass is 16.6. The zero-order valence-corrected chi connectivity index (χ0v) is 16.4. The number of likely N-dealkylation sites (N-methyl/N-ethyl adjacent to an activating group) is 1. The molecule has 2 aromatic carbocycles. The summed E-state index contributed by atoms with van der Waals surface area (Å²) in [5, 5.41) is 0. The van der Waals surface area contributed by atoms with Gasteiger partial charge in [0.15, 0.2) is 23.7 Å². The van der Waals surface area contributed by atoms with Crippen LogP contribution in [0.5, 0.6) is 11.5 Å². The van der Waals surface area contributed by atoms with E-state index in [1.165, 1.54) is 17.1 Å². The van der Waals surface area contributed by atoms with E-state index in [0.717, 1.165) is 5.56 Å². The van der Waals surface area contributed by atoms with Gasteiger partial charge in [-0.1, -0.05) is 18.2 Å². The molecule has 0 radical (unpaired) electrons. The molecule has 0 fully saturated rings. The van der Waals surface area contributed by atoms with Crippen molar-refractivity contribution in [1.82, 2.24) is 9.88 Å². The number of nitrogens with zero attached hydrogens (tertiary/aromatic N) is 2. The first kappa shape index (κ1) is 19.5. The fraction of sp³-hybridized carbons (Fsp3) is 0.227. The summed E-state index contributed by atoms with van der Waals surface area (Å²) in [7, 11) is 1.64. The van der Waals surface area contributed by atoms with Crippen LogP contribution in [0.3, 0.4) is 0 Å². The monoisotopic (exact) mass is 408 g/mol. The fourth-order valence-electron chi connectivity index (χ4n) is 2.94. The number of para-hydroxylation sites is 2. The molecule has 0 spiro atoms. The minimum atomic E-state index is -0.654. The van der Waals surface area contributed by atoms with Crippen LogP contribution in [0.4, 0.5) is 0 Å². The number of fused-ring (bicyclic) bond motifs is 2. The van der Waals surface area contributed by atoms with Crippen LogP contribution in [0.1, 0.15) is 11.5 Å². The number of aromatic nitrogens is 1. The molecule has 0 N–H and O–H groups in total. The second-order valence-corrected chi connectivity index (χ2v) is 6.69. The number of hydrogen-bond acceptors (Lipinski definition) is 7. The predicted octanol–water partition coefficient (Wildman–Crippen LogP) is 2.81. The van der Waals surface area contributed by atoms with E-state index in [1.807, 2.05) is 36.4 Å². The Morgan fingerprint density at radius 3 is 2.77 bits per heavy atom. The molecule has 8 heteroatoms. The molecule has 2 heterocycles. The Bertz CT molecular complexity index is 1070. The van der Waals surface area contributed by atoms with E-state index in [2.05, 4.69) is 4.98 Å². The molecule has 0 bridgehead atoms. The maximum atomic E-state index is 12.3. The van der Waals surface area contributed by atoms with Crippen molar-refractivity contribution < 1.29 is 28.2 Å². The van der Waals surface area contributed by atoms with Gasteiger partial charge in [-0.05, 0) is 29.8 Å². The van der Waals surface area contributed by atoms with Crippen molar-refractivity contribution in [2.45, 2.75) is 6.54 Å². The van der Waals surface area contributed by atoms with Crippen LogP contribution < -0.4 is 9.47 Å². The number of ether oxygens (including phenoxy) is 3. The lowest BCUT2D eigenvalue weighted by molar-refractivity contribution is -0.147.